The first kappa shape index (κ1) is 17.4. The number of nitrogens with one attached hydrogen (secondary N) is 1. The monoisotopic (exact) mass is 322 g/mol. The Morgan fingerprint density at radius 1 is 1.50 bits per heavy atom. The molecular weight excluding hydrogens is 300 g/mol. The molecule has 6 nitrogen and oxygen atoms in total. The number of aryl methyl sites for hydroxylation is 2. The van der Waals surface area contributed by atoms with E-state index in [0.717, 1.165) is 25.2 Å². The standard InChI is InChI=1S/C12H22N4O2S.ClH/c1-4-15-9-12(14-10(15)2)19(17,18)16-7-5-6-11(8-16)13-3;/h9,11,13H,4-8H2,1-3H3;1H. The van der Waals surface area contributed by atoms with Gasteiger partial charge < -0.3 is 9.88 Å². The SMILES string of the molecule is CCn1cc(S(=O)(=O)N2CCCC(NC)C2)nc1C.Cl. The van der Waals surface area contributed by atoms with Gasteiger partial charge in [0, 0.05) is 31.9 Å². The molecule has 1 atom stereocenters. The lowest BCUT2D eigenvalue weighted by molar-refractivity contribution is 0.292. The van der Waals surface area contributed by atoms with Gasteiger partial charge in [-0.25, -0.2) is 13.4 Å². The van der Waals surface area contributed by atoms with Gasteiger partial charge in [0.25, 0.3) is 10.0 Å². The summed E-state index contributed by atoms with van der Waals surface area (Å²) in [7, 11) is -1.58. The molecule has 1 aromatic heterocycles. The number of halogens is 1. The molecule has 1 N–H and O–H groups in total. The molecule has 8 heteroatoms. The van der Waals surface area contributed by atoms with Crippen LogP contribution >= 0.6 is 12.4 Å². The number of rotatable bonds is 4. The van der Waals surface area contributed by atoms with E-state index in [1.54, 1.807) is 10.5 Å². The Morgan fingerprint density at radius 2 is 2.20 bits per heavy atom. The molecule has 20 heavy (non-hydrogen) atoms. The predicted molar refractivity (Wildman–Crippen MR) is 80.7 cm³/mol. The minimum absolute atomic E-state index is 0. The smallest absolute Gasteiger partial charge is 0.262 e. The maximum Gasteiger partial charge on any atom is 0.262 e. The number of piperidine rings is 1. The number of imidazole rings is 1. The van der Waals surface area contributed by atoms with Crippen LogP contribution in [0.5, 0.6) is 0 Å². The minimum Gasteiger partial charge on any atom is -0.334 e. The number of hydrogen-bond acceptors (Lipinski definition) is 4. The minimum atomic E-state index is -3.46. The second-order valence-electron chi connectivity index (χ2n) is 4.90. The van der Waals surface area contributed by atoms with Crippen molar-refractivity contribution in [2.24, 2.45) is 0 Å². The lowest BCUT2D eigenvalue weighted by atomic mass is 10.1. The van der Waals surface area contributed by atoms with Crippen LogP contribution in [0, 0.1) is 6.92 Å². The highest BCUT2D eigenvalue weighted by molar-refractivity contribution is 7.89. The second kappa shape index (κ2) is 6.89. The summed E-state index contributed by atoms with van der Waals surface area (Å²) in [5.74, 6) is 0.739. The second-order valence-corrected chi connectivity index (χ2v) is 6.79. The lowest BCUT2D eigenvalue weighted by Crippen LogP contribution is -2.46. The van der Waals surface area contributed by atoms with Gasteiger partial charge in [-0.05, 0) is 33.7 Å². The van der Waals surface area contributed by atoms with Crippen molar-refractivity contribution in [3.8, 4) is 0 Å². The molecule has 0 aliphatic carbocycles. The first-order valence-corrected chi connectivity index (χ1v) is 8.14. The Balaban J connectivity index is 0.00000200. The fourth-order valence-corrected chi connectivity index (χ4v) is 3.97. The third kappa shape index (κ3) is 3.33. The molecule has 0 bridgehead atoms. The Hall–Kier alpha value is -0.630. The Labute approximate surface area is 127 Å². The maximum atomic E-state index is 12.6. The molecule has 116 valence electrons. The normalized spacial score (nSPS) is 20.6. The molecule has 1 saturated heterocycles. The van der Waals surface area contributed by atoms with Gasteiger partial charge in [-0.2, -0.15) is 4.31 Å². The van der Waals surface area contributed by atoms with Crippen molar-refractivity contribution in [1.82, 2.24) is 19.2 Å². The van der Waals surface area contributed by atoms with E-state index in [4.69, 9.17) is 0 Å². The number of aromatic nitrogens is 2. The van der Waals surface area contributed by atoms with Gasteiger partial charge in [0.1, 0.15) is 5.82 Å². The van der Waals surface area contributed by atoms with E-state index >= 15 is 0 Å². The number of nitrogens with zero attached hydrogens (tertiary/aromatic N) is 3. The summed E-state index contributed by atoms with van der Waals surface area (Å²) in [5, 5.41) is 3.32. The molecule has 1 aliphatic heterocycles. The van der Waals surface area contributed by atoms with Crippen molar-refractivity contribution in [3.63, 3.8) is 0 Å². The summed E-state index contributed by atoms with van der Waals surface area (Å²) in [6, 6.07) is 0.234. The average Bonchev–Trinajstić information content (AvgIpc) is 2.80. The van der Waals surface area contributed by atoms with Gasteiger partial charge in [-0.3, -0.25) is 0 Å². The van der Waals surface area contributed by atoms with Crippen molar-refractivity contribution in [3.05, 3.63) is 12.0 Å². The molecule has 0 saturated carbocycles. The molecule has 0 radical (unpaired) electrons. The molecule has 2 heterocycles. The van der Waals surface area contributed by atoms with Crippen LogP contribution in [0.4, 0.5) is 0 Å². The van der Waals surface area contributed by atoms with E-state index in [1.807, 2.05) is 25.5 Å². The molecule has 1 unspecified atom stereocenters. The number of sulfonamides is 1. The van der Waals surface area contributed by atoms with Crippen molar-refractivity contribution >= 4 is 22.4 Å². The van der Waals surface area contributed by atoms with Crippen LogP contribution in [0.1, 0.15) is 25.6 Å². The summed E-state index contributed by atoms with van der Waals surface area (Å²) >= 11 is 0. The van der Waals surface area contributed by atoms with E-state index in [9.17, 15) is 8.42 Å². The third-order valence-electron chi connectivity index (χ3n) is 3.69. The first-order chi connectivity index (χ1) is 8.98. The van der Waals surface area contributed by atoms with Crippen molar-refractivity contribution in [1.29, 1.82) is 0 Å². The highest BCUT2D eigenvalue weighted by atomic mass is 35.5. The fourth-order valence-electron chi connectivity index (χ4n) is 2.45. The van der Waals surface area contributed by atoms with Crippen molar-refractivity contribution < 1.29 is 8.42 Å². The van der Waals surface area contributed by atoms with E-state index in [0.29, 0.717) is 13.1 Å². The Kier molecular flexibility index (Phi) is 6.00. The first-order valence-electron chi connectivity index (χ1n) is 6.70. The van der Waals surface area contributed by atoms with E-state index in [-0.39, 0.29) is 23.5 Å². The van der Waals surface area contributed by atoms with Crippen LogP contribution in [0.15, 0.2) is 11.2 Å². The number of likely N-dealkylation sites (N-methyl/N-ethyl adjacent to an activating group) is 1. The quantitative estimate of drug-likeness (QED) is 0.898. The van der Waals surface area contributed by atoms with Crippen LogP contribution in [0.2, 0.25) is 0 Å². The largest absolute Gasteiger partial charge is 0.334 e. The van der Waals surface area contributed by atoms with Gasteiger partial charge in [0.2, 0.25) is 0 Å². The van der Waals surface area contributed by atoms with Gasteiger partial charge in [-0.1, -0.05) is 0 Å². The van der Waals surface area contributed by atoms with Crippen LogP contribution in [-0.2, 0) is 16.6 Å². The van der Waals surface area contributed by atoms with Crippen molar-refractivity contribution in [2.45, 2.75) is 44.3 Å². The summed E-state index contributed by atoms with van der Waals surface area (Å²) in [6.07, 6.45) is 3.54. The summed E-state index contributed by atoms with van der Waals surface area (Å²) in [4.78, 5) is 4.19. The van der Waals surface area contributed by atoms with Crippen LogP contribution in [0.25, 0.3) is 0 Å². The highest BCUT2D eigenvalue weighted by Crippen LogP contribution is 2.20. The van der Waals surface area contributed by atoms with E-state index < -0.39 is 10.0 Å². The predicted octanol–water partition coefficient (Wildman–Crippen LogP) is 1.01. The average molecular weight is 323 g/mol. The maximum absolute atomic E-state index is 12.6. The molecule has 1 fully saturated rings. The lowest BCUT2D eigenvalue weighted by Gasteiger charge is -2.31. The van der Waals surface area contributed by atoms with Gasteiger partial charge in [-0.15, -0.1) is 12.4 Å². The molecule has 0 spiro atoms. The third-order valence-corrected chi connectivity index (χ3v) is 5.43. The van der Waals surface area contributed by atoms with Gasteiger partial charge >= 0.3 is 0 Å². The number of hydrogen-bond donors (Lipinski definition) is 1. The van der Waals surface area contributed by atoms with Crippen LogP contribution in [0.3, 0.4) is 0 Å². The van der Waals surface area contributed by atoms with E-state index in [2.05, 4.69) is 10.3 Å². The van der Waals surface area contributed by atoms with Gasteiger partial charge in [0.05, 0.1) is 0 Å². The fraction of sp³-hybridized carbons (Fsp3) is 0.750. The zero-order chi connectivity index (χ0) is 14.0. The summed E-state index contributed by atoms with van der Waals surface area (Å²) < 4.78 is 28.5. The molecular formula is C12H23ClN4O2S. The van der Waals surface area contributed by atoms with Crippen LogP contribution < -0.4 is 5.32 Å². The Morgan fingerprint density at radius 3 is 2.75 bits per heavy atom. The van der Waals surface area contributed by atoms with E-state index in [1.165, 1.54) is 0 Å². The molecule has 2 rings (SSSR count). The topological polar surface area (TPSA) is 67.2 Å². The highest BCUT2D eigenvalue weighted by Gasteiger charge is 2.31. The van der Waals surface area contributed by atoms with Crippen LogP contribution in [-0.4, -0.2) is 48.5 Å². The van der Waals surface area contributed by atoms with Crippen molar-refractivity contribution in [2.75, 3.05) is 20.1 Å². The Bertz CT molecular complexity index is 544. The zero-order valence-corrected chi connectivity index (χ0v) is 13.8. The zero-order valence-electron chi connectivity index (χ0n) is 12.2. The molecule has 0 aromatic carbocycles. The van der Waals surface area contributed by atoms with Gasteiger partial charge in [0.15, 0.2) is 5.03 Å². The molecule has 0 amide bonds. The molecule has 1 aliphatic rings. The molecule has 1 aromatic rings. The summed E-state index contributed by atoms with van der Waals surface area (Å²) in [5.41, 5.74) is 0. The summed E-state index contributed by atoms with van der Waals surface area (Å²) in [6.45, 7) is 5.64.